The number of aryl methyl sites for hydroxylation is 1. The molecule has 5 nitrogen and oxygen atoms in total. The second-order valence-electron chi connectivity index (χ2n) is 4.27. The molecule has 0 aliphatic heterocycles. The normalized spacial score (nSPS) is 12.2. The number of rotatable bonds is 5. The molecule has 112 valence electrons. The van der Waals surface area contributed by atoms with Crippen molar-refractivity contribution in [3.05, 3.63) is 36.2 Å². The second kappa shape index (κ2) is 6.66. The predicted molar refractivity (Wildman–Crippen MR) is 76.0 cm³/mol. The Morgan fingerprint density at radius 1 is 1.48 bits per heavy atom. The molecule has 1 amide bonds. The van der Waals surface area contributed by atoms with Gasteiger partial charge in [0, 0.05) is 12.6 Å². The number of halogens is 2. The Balaban J connectivity index is 2.02. The third kappa shape index (κ3) is 3.78. The van der Waals surface area contributed by atoms with Crippen LogP contribution in [-0.4, -0.2) is 25.9 Å². The lowest BCUT2D eigenvalue weighted by Crippen LogP contribution is -2.23. The van der Waals surface area contributed by atoms with E-state index in [2.05, 4.69) is 15.5 Å². The van der Waals surface area contributed by atoms with Gasteiger partial charge in [-0.3, -0.25) is 4.79 Å². The number of carbonyl (C=O) groups excluding carboxylic acids is 1. The van der Waals surface area contributed by atoms with Gasteiger partial charge in [-0.25, -0.2) is 8.78 Å². The Morgan fingerprint density at radius 2 is 2.24 bits per heavy atom. The zero-order chi connectivity index (χ0) is 15.4. The van der Waals surface area contributed by atoms with E-state index in [1.807, 2.05) is 6.92 Å². The molecule has 1 aromatic heterocycles. The fourth-order valence-electron chi connectivity index (χ4n) is 1.59. The van der Waals surface area contributed by atoms with Gasteiger partial charge in [-0.05, 0) is 26.0 Å². The molecule has 0 aliphatic rings. The highest BCUT2D eigenvalue weighted by Crippen LogP contribution is 2.23. The predicted octanol–water partition coefficient (Wildman–Crippen LogP) is 2.70. The van der Waals surface area contributed by atoms with Crippen molar-refractivity contribution in [1.29, 1.82) is 0 Å². The molecule has 0 aliphatic carbocycles. The van der Waals surface area contributed by atoms with Crippen LogP contribution in [0.2, 0.25) is 0 Å². The van der Waals surface area contributed by atoms with E-state index in [9.17, 15) is 13.6 Å². The lowest BCUT2D eigenvalue weighted by atomic mass is 10.3. The molecule has 1 aromatic carbocycles. The van der Waals surface area contributed by atoms with Crippen molar-refractivity contribution in [2.75, 3.05) is 5.32 Å². The number of benzene rings is 1. The molecule has 0 bridgehead atoms. The number of nitrogens with one attached hydrogen (secondary N) is 1. The van der Waals surface area contributed by atoms with Gasteiger partial charge in [0.05, 0.1) is 10.9 Å². The lowest BCUT2D eigenvalue weighted by molar-refractivity contribution is -0.115. The van der Waals surface area contributed by atoms with Gasteiger partial charge in [-0.1, -0.05) is 11.8 Å². The van der Waals surface area contributed by atoms with E-state index in [0.29, 0.717) is 11.7 Å². The smallest absolute Gasteiger partial charge is 0.237 e. The summed E-state index contributed by atoms with van der Waals surface area (Å²) in [7, 11) is 0. The molecule has 2 aromatic rings. The molecule has 2 rings (SSSR count). The minimum atomic E-state index is -0.808. The maximum atomic E-state index is 13.5. The van der Waals surface area contributed by atoms with Gasteiger partial charge in [0.15, 0.2) is 5.16 Å². The zero-order valence-electron chi connectivity index (χ0n) is 11.5. The minimum absolute atomic E-state index is 0.0502. The van der Waals surface area contributed by atoms with Gasteiger partial charge in [0.25, 0.3) is 0 Å². The minimum Gasteiger partial charge on any atom is -0.323 e. The Morgan fingerprint density at radius 3 is 2.90 bits per heavy atom. The molecule has 0 spiro atoms. The molecular weight excluding hydrogens is 298 g/mol. The summed E-state index contributed by atoms with van der Waals surface area (Å²) in [5.74, 6) is -1.89. The van der Waals surface area contributed by atoms with E-state index in [1.165, 1.54) is 17.8 Å². The number of hydrogen-bond acceptors (Lipinski definition) is 4. The van der Waals surface area contributed by atoms with E-state index >= 15 is 0 Å². The quantitative estimate of drug-likeness (QED) is 0.862. The SMILES string of the molecule is CCn1cnnc1S[C@@H](C)C(=O)Nc1ccc(F)cc1F. The number of anilines is 1. The Labute approximate surface area is 124 Å². The van der Waals surface area contributed by atoms with Crippen LogP contribution in [0.1, 0.15) is 13.8 Å². The summed E-state index contributed by atoms with van der Waals surface area (Å²) >= 11 is 1.22. The molecule has 21 heavy (non-hydrogen) atoms. The average Bonchev–Trinajstić information content (AvgIpc) is 2.89. The highest BCUT2D eigenvalue weighted by atomic mass is 32.2. The van der Waals surface area contributed by atoms with Crippen LogP contribution >= 0.6 is 11.8 Å². The summed E-state index contributed by atoms with van der Waals surface area (Å²) in [6.07, 6.45) is 1.58. The average molecular weight is 312 g/mol. The van der Waals surface area contributed by atoms with E-state index in [0.717, 1.165) is 12.1 Å². The van der Waals surface area contributed by atoms with Crippen LogP contribution in [0, 0.1) is 11.6 Å². The van der Waals surface area contributed by atoms with Crippen LogP contribution in [0.15, 0.2) is 29.7 Å². The number of amides is 1. The molecule has 0 saturated carbocycles. The molecule has 1 heterocycles. The molecule has 0 fully saturated rings. The van der Waals surface area contributed by atoms with E-state index in [1.54, 1.807) is 17.8 Å². The highest BCUT2D eigenvalue weighted by Gasteiger charge is 2.19. The lowest BCUT2D eigenvalue weighted by Gasteiger charge is -2.12. The summed E-state index contributed by atoms with van der Waals surface area (Å²) in [6.45, 7) is 4.30. The number of carbonyl (C=O) groups is 1. The van der Waals surface area contributed by atoms with Crippen molar-refractivity contribution < 1.29 is 13.6 Å². The molecule has 0 radical (unpaired) electrons. The first-order chi connectivity index (χ1) is 10.0. The fraction of sp³-hybridized carbons (Fsp3) is 0.308. The largest absolute Gasteiger partial charge is 0.323 e. The summed E-state index contributed by atoms with van der Waals surface area (Å²) in [6, 6.07) is 3.00. The first-order valence-corrected chi connectivity index (χ1v) is 7.19. The summed E-state index contributed by atoms with van der Waals surface area (Å²) in [4.78, 5) is 12.0. The number of thioether (sulfide) groups is 1. The van der Waals surface area contributed by atoms with Crippen molar-refractivity contribution in [3.63, 3.8) is 0 Å². The molecular formula is C13H14F2N4OS. The summed E-state index contributed by atoms with van der Waals surface area (Å²) in [5, 5.41) is 10.2. The van der Waals surface area contributed by atoms with Gasteiger partial charge in [0.2, 0.25) is 5.91 Å². The fourth-order valence-corrected chi connectivity index (χ4v) is 2.48. The van der Waals surface area contributed by atoms with E-state index < -0.39 is 22.8 Å². The van der Waals surface area contributed by atoms with Gasteiger partial charge in [0.1, 0.15) is 18.0 Å². The van der Waals surface area contributed by atoms with Crippen LogP contribution in [0.4, 0.5) is 14.5 Å². The van der Waals surface area contributed by atoms with Crippen molar-refractivity contribution in [2.45, 2.75) is 30.8 Å². The van der Waals surface area contributed by atoms with Crippen molar-refractivity contribution >= 4 is 23.4 Å². The first-order valence-electron chi connectivity index (χ1n) is 6.31. The highest BCUT2D eigenvalue weighted by molar-refractivity contribution is 8.00. The molecule has 1 atom stereocenters. The molecule has 0 unspecified atom stereocenters. The zero-order valence-corrected chi connectivity index (χ0v) is 12.3. The maximum absolute atomic E-state index is 13.5. The third-order valence-corrected chi connectivity index (χ3v) is 3.86. The van der Waals surface area contributed by atoms with Gasteiger partial charge < -0.3 is 9.88 Å². The van der Waals surface area contributed by atoms with E-state index in [-0.39, 0.29) is 5.69 Å². The number of hydrogen-bond donors (Lipinski definition) is 1. The first kappa shape index (κ1) is 15.4. The second-order valence-corrected chi connectivity index (χ2v) is 5.58. The van der Waals surface area contributed by atoms with Crippen LogP contribution < -0.4 is 5.32 Å². The number of nitrogens with zero attached hydrogens (tertiary/aromatic N) is 3. The van der Waals surface area contributed by atoms with Crippen LogP contribution in [0.25, 0.3) is 0 Å². The molecule has 0 saturated heterocycles. The Bertz CT molecular complexity index is 647. The third-order valence-electron chi connectivity index (χ3n) is 2.76. The summed E-state index contributed by atoms with van der Waals surface area (Å²) in [5.41, 5.74) is -0.0502. The van der Waals surface area contributed by atoms with Crippen molar-refractivity contribution in [3.8, 4) is 0 Å². The Hall–Kier alpha value is -1.96. The Kier molecular flexibility index (Phi) is 4.89. The van der Waals surface area contributed by atoms with Crippen molar-refractivity contribution in [1.82, 2.24) is 14.8 Å². The topological polar surface area (TPSA) is 59.8 Å². The maximum Gasteiger partial charge on any atom is 0.237 e. The van der Waals surface area contributed by atoms with Crippen LogP contribution in [-0.2, 0) is 11.3 Å². The monoisotopic (exact) mass is 312 g/mol. The van der Waals surface area contributed by atoms with Crippen LogP contribution in [0.5, 0.6) is 0 Å². The molecule has 8 heteroatoms. The van der Waals surface area contributed by atoms with Gasteiger partial charge in [-0.15, -0.1) is 10.2 Å². The van der Waals surface area contributed by atoms with Crippen LogP contribution in [0.3, 0.4) is 0 Å². The van der Waals surface area contributed by atoms with E-state index in [4.69, 9.17) is 0 Å². The summed E-state index contributed by atoms with van der Waals surface area (Å²) < 4.78 is 28.1. The van der Waals surface area contributed by atoms with Gasteiger partial charge in [-0.2, -0.15) is 0 Å². The molecule has 1 N–H and O–H groups in total. The standard InChI is InChI=1S/C13H14F2N4OS/c1-3-19-7-16-18-13(19)21-8(2)12(20)17-11-5-4-9(14)6-10(11)15/h4-8H,3H2,1-2H3,(H,17,20)/t8-/m0/s1. The number of aromatic nitrogens is 3. The van der Waals surface area contributed by atoms with Gasteiger partial charge >= 0.3 is 0 Å². The van der Waals surface area contributed by atoms with Crippen molar-refractivity contribution in [2.24, 2.45) is 0 Å².